The average molecular weight is 998 g/mol. The minimum atomic E-state index is -2.56. The van der Waals surface area contributed by atoms with Crippen LogP contribution in [-0.4, -0.2) is 143 Å². The Hall–Kier alpha value is -5.09. The van der Waals surface area contributed by atoms with Gasteiger partial charge in [0.05, 0.1) is 64.6 Å². The third-order valence-electron chi connectivity index (χ3n) is 14.8. The molecule has 2 saturated heterocycles. The van der Waals surface area contributed by atoms with E-state index < -0.39 is 117 Å². The molecular formula is C51H71N3O17. The molecular weight excluding hydrogens is 927 g/mol. The Morgan fingerprint density at radius 1 is 0.915 bits per heavy atom. The number of non-ortho nitro benzene ring substituents is 2. The first kappa shape index (κ1) is 56.8. The minimum absolute atomic E-state index is 0.0744. The van der Waals surface area contributed by atoms with E-state index in [2.05, 4.69) is 6.58 Å². The van der Waals surface area contributed by atoms with Crippen molar-refractivity contribution in [3.05, 3.63) is 79.9 Å². The highest BCUT2D eigenvalue weighted by atomic mass is 16.7. The van der Waals surface area contributed by atoms with E-state index in [0.29, 0.717) is 43.3 Å². The van der Waals surface area contributed by atoms with E-state index in [4.69, 9.17) is 28.4 Å². The zero-order valence-corrected chi connectivity index (χ0v) is 42.0. The fourth-order valence-corrected chi connectivity index (χ4v) is 10.6. The second kappa shape index (κ2) is 25.0. The Balaban J connectivity index is 1.47. The number of rotatable bonds is 11. The number of amides is 1. The fourth-order valence-electron chi connectivity index (χ4n) is 10.6. The van der Waals surface area contributed by atoms with Crippen molar-refractivity contribution in [3.8, 4) is 0 Å². The topological polar surface area (TPSA) is 271 Å². The van der Waals surface area contributed by atoms with Crippen LogP contribution in [0.1, 0.15) is 109 Å². The SMILES string of the molecule is C=CCC1C=C(C)C(=O)C(C)CC(OC)C2OC(O)(C(=O)C(=O)N3CCCCC3COC(C(C)=CC3CCC(OC(=O)c4cc([N+](=O)[O-])cc([N+](=O)[O-])c4)C(OC)C3)C(C)C(O)CC1=O)C(C)CC2OC. The number of hydrogen-bond donors (Lipinski definition) is 2. The van der Waals surface area contributed by atoms with Crippen molar-refractivity contribution in [2.75, 3.05) is 34.5 Å². The van der Waals surface area contributed by atoms with Gasteiger partial charge in [0, 0.05) is 70.1 Å². The summed E-state index contributed by atoms with van der Waals surface area (Å²) in [7, 11) is 4.33. The number of nitro groups is 2. The molecule has 4 aliphatic rings. The van der Waals surface area contributed by atoms with Gasteiger partial charge in [0.2, 0.25) is 5.79 Å². The van der Waals surface area contributed by atoms with E-state index in [1.807, 2.05) is 13.0 Å². The number of methoxy groups -OCH3 is 3. The number of benzene rings is 1. The van der Waals surface area contributed by atoms with Gasteiger partial charge < -0.3 is 43.5 Å². The number of carbonyl (C=O) groups excluding carboxylic acids is 5. The Labute approximate surface area is 414 Å². The summed E-state index contributed by atoms with van der Waals surface area (Å²) in [6.07, 6.45) is 1.96. The summed E-state index contributed by atoms with van der Waals surface area (Å²) < 4.78 is 36.1. The molecule has 14 atom stereocenters. The Bertz CT molecular complexity index is 2180. The monoisotopic (exact) mass is 997 g/mol. The molecule has 0 radical (unpaired) electrons. The molecule has 0 aromatic heterocycles. The van der Waals surface area contributed by atoms with E-state index in [-0.39, 0.29) is 68.3 Å². The molecule has 1 aromatic carbocycles. The molecule has 20 heteroatoms. The Kier molecular flexibility index (Phi) is 20.0. The maximum Gasteiger partial charge on any atom is 0.339 e. The van der Waals surface area contributed by atoms with Gasteiger partial charge in [-0.1, -0.05) is 39.0 Å². The lowest BCUT2D eigenvalue weighted by molar-refractivity contribution is -0.394. The predicted octanol–water partition coefficient (Wildman–Crippen LogP) is 5.97. The van der Waals surface area contributed by atoms with Gasteiger partial charge >= 0.3 is 5.97 Å². The van der Waals surface area contributed by atoms with E-state index >= 15 is 0 Å². The van der Waals surface area contributed by atoms with Crippen LogP contribution < -0.4 is 0 Å². The number of ether oxygens (including phenoxy) is 6. The van der Waals surface area contributed by atoms with Gasteiger partial charge in [-0.25, -0.2) is 4.79 Å². The van der Waals surface area contributed by atoms with Crippen molar-refractivity contribution in [2.45, 2.75) is 153 Å². The summed E-state index contributed by atoms with van der Waals surface area (Å²) in [5.74, 6) is -9.52. The molecule has 3 fully saturated rings. The molecule has 0 spiro atoms. The number of ketones is 3. The standard InChI is InChI=1S/C51H71N3O17/c1-10-13-34-19-28(2)45(57)29(3)20-43(67-8)47-44(68-9)21-31(5)51(61,71-47)48(58)49(59)52-17-12-11-14-36(52)27-69-46(32(6)39(55)26-40(34)56)30(4)18-33-15-16-41(42(22-33)66-7)70-50(60)35-23-37(53(62)63)25-38(24-35)54(64)65/h10,18-19,23-25,29,31-34,36,39,41-44,46-47,55,61H,1,11-17,20-22,26-27H2,2-9H3. The van der Waals surface area contributed by atoms with Crippen LogP contribution in [-0.2, 0) is 47.6 Å². The van der Waals surface area contributed by atoms with Gasteiger partial charge in [0.1, 0.15) is 18.0 Å². The van der Waals surface area contributed by atoms with Gasteiger partial charge in [0.25, 0.3) is 23.1 Å². The summed E-state index contributed by atoms with van der Waals surface area (Å²) >= 11 is 0. The van der Waals surface area contributed by atoms with E-state index in [1.165, 1.54) is 26.2 Å². The lowest BCUT2D eigenvalue weighted by Gasteiger charge is -2.47. The molecule has 1 amide bonds. The van der Waals surface area contributed by atoms with E-state index in [1.54, 1.807) is 39.8 Å². The van der Waals surface area contributed by atoms with E-state index in [9.17, 15) is 54.4 Å². The lowest BCUT2D eigenvalue weighted by Crippen LogP contribution is -2.64. The second-order valence-corrected chi connectivity index (χ2v) is 19.7. The van der Waals surface area contributed by atoms with Gasteiger partial charge in [-0.2, -0.15) is 0 Å². The molecule has 5 rings (SSSR count). The van der Waals surface area contributed by atoms with Gasteiger partial charge in [-0.05, 0) is 88.7 Å². The van der Waals surface area contributed by atoms with Crippen LogP contribution in [0, 0.1) is 49.8 Å². The smallest absolute Gasteiger partial charge is 0.339 e. The number of nitrogens with zero attached hydrogens (tertiary/aromatic N) is 3. The van der Waals surface area contributed by atoms with Crippen molar-refractivity contribution in [1.82, 2.24) is 4.90 Å². The van der Waals surface area contributed by atoms with Crippen LogP contribution in [0.25, 0.3) is 0 Å². The Morgan fingerprint density at radius 2 is 1.55 bits per heavy atom. The van der Waals surface area contributed by atoms with Gasteiger partial charge in [0.15, 0.2) is 5.78 Å². The third kappa shape index (κ3) is 13.5. The molecule has 2 bridgehead atoms. The maximum absolute atomic E-state index is 14.4. The molecule has 3 aliphatic heterocycles. The molecule has 3 heterocycles. The number of fused-ring (bicyclic) bond motifs is 3. The second-order valence-electron chi connectivity index (χ2n) is 19.7. The lowest BCUT2D eigenvalue weighted by atomic mass is 9.81. The number of carbonyl (C=O) groups is 5. The number of esters is 1. The minimum Gasteiger partial charge on any atom is -0.456 e. The van der Waals surface area contributed by atoms with Crippen molar-refractivity contribution >= 4 is 40.6 Å². The number of allylic oxidation sites excluding steroid dienone is 4. The molecule has 1 saturated carbocycles. The van der Waals surface area contributed by atoms with Crippen molar-refractivity contribution in [3.63, 3.8) is 0 Å². The van der Waals surface area contributed by atoms with Crippen molar-refractivity contribution in [1.29, 1.82) is 0 Å². The first-order valence-electron chi connectivity index (χ1n) is 24.4. The summed E-state index contributed by atoms with van der Waals surface area (Å²) in [6, 6.07) is 1.95. The van der Waals surface area contributed by atoms with Crippen LogP contribution in [0.3, 0.4) is 0 Å². The van der Waals surface area contributed by atoms with Crippen molar-refractivity contribution < 1.29 is 72.5 Å². The molecule has 20 nitrogen and oxygen atoms in total. The number of aliphatic hydroxyl groups is 2. The zero-order valence-electron chi connectivity index (χ0n) is 42.0. The van der Waals surface area contributed by atoms with Crippen LogP contribution in [0.2, 0.25) is 0 Å². The summed E-state index contributed by atoms with van der Waals surface area (Å²) in [4.78, 5) is 92.7. The molecule has 1 aliphatic carbocycles. The highest BCUT2D eigenvalue weighted by Gasteiger charge is 2.56. The summed E-state index contributed by atoms with van der Waals surface area (Å²) in [5.41, 5.74) is -0.655. The highest BCUT2D eigenvalue weighted by Crippen LogP contribution is 2.39. The average Bonchev–Trinajstić information content (AvgIpc) is 3.35. The first-order valence-corrected chi connectivity index (χ1v) is 24.4. The molecule has 392 valence electrons. The number of Topliss-reactive ketones (excluding diaryl/α,β-unsaturated/α-hetero) is 3. The van der Waals surface area contributed by atoms with Crippen LogP contribution in [0.15, 0.2) is 54.2 Å². The first-order chi connectivity index (χ1) is 33.6. The summed E-state index contributed by atoms with van der Waals surface area (Å²) in [5, 5.41) is 47.0. The fraction of sp³-hybridized carbons (Fsp3) is 0.667. The van der Waals surface area contributed by atoms with Gasteiger partial charge in [-0.15, -0.1) is 6.58 Å². The predicted molar refractivity (Wildman–Crippen MR) is 256 cm³/mol. The van der Waals surface area contributed by atoms with Crippen molar-refractivity contribution in [2.24, 2.45) is 29.6 Å². The Morgan fingerprint density at radius 3 is 2.15 bits per heavy atom. The molecule has 1 aromatic rings. The number of nitro benzene ring substituents is 2. The highest BCUT2D eigenvalue weighted by molar-refractivity contribution is 6.38. The molecule has 2 N–H and O–H groups in total. The number of hydrogen-bond acceptors (Lipinski definition) is 17. The third-order valence-corrected chi connectivity index (χ3v) is 14.8. The number of piperidine rings is 1. The van der Waals surface area contributed by atoms with Crippen LogP contribution in [0.4, 0.5) is 11.4 Å². The van der Waals surface area contributed by atoms with Crippen LogP contribution in [0.5, 0.6) is 0 Å². The molecule has 14 unspecified atom stereocenters. The summed E-state index contributed by atoms with van der Waals surface area (Å²) in [6.45, 7) is 12.4. The number of aliphatic hydroxyl groups excluding tert-OH is 1. The van der Waals surface area contributed by atoms with Gasteiger partial charge in [-0.3, -0.25) is 39.4 Å². The maximum atomic E-state index is 14.4. The largest absolute Gasteiger partial charge is 0.456 e. The quantitative estimate of drug-likeness (QED) is 0.0849. The zero-order chi connectivity index (χ0) is 52.5. The molecule has 71 heavy (non-hydrogen) atoms. The van der Waals surface area contributed by atoms with E-state index in [0.717, 1.165) is 18.2 Å². The van der Waals surface area contributed by atoms with Crippen LogP contribution >= 0.6 is 0 Å². The normalized spacial score (nSPS) is 34.3.